The minimum atomic E-state index is -0.356. The number of nitrogens with one attached hydrogen (secondary N) is 2. The number of aliphatic imine (C=N–C) groups is 1. The normalized spacial score (nSPS) is 35.1. The first-order valence-corrected chi connectivity index (χ1v) is 6.75. The summed E-state index contributed by atoms with van der Waals surface area (Å²) >= 11 is 0. The van der Waals surface area contributed by atoms with E-state index in [-0.39, 0.29) is 25.1 Å². The lowest BCUT2D eigenvalue weighted by Crippen LogP contribution is -2.53. The molecule has 4 atom stereocenters. The lowest BCUT2D eigenvalue weighted by molar-refractivity contribution is -0.137. The van der Waals surface area contributed by atoms with Crippen LogP contribution in [0, 0.1) is 0 Å². The summed E-state index contributed by atoms with van der Waals surface area (Å²) in [5.41, 5.74) is 6.79. The van der Waals surface area contributed by atoms with Crippen molar-refractivity contribution >= 4 is 15.7 Å². The molecule has 8 nitrogen and oxygen atoms in total. The Morgan fingerprint density at radius 1 is 1.58 bits per heavy atom. The summed E-state index contributed by atoms with van der Waals surface area (Å²) in [5.74, 6) is 0.907. The summed E-state index contributed by atoms with van der Waals surface area (Å²) in [6.07, 6.45) is 0.945. The van der Waals surface area contributed by atoms with Crippen LogP contribution in [-0.4, -0.2) is 65.9 Å². The van der Waals surface area contributed by atoms with E-state index >= 15 is 0 Å². The number of rotatable bonds is 2. The van der Waals surface area contributed by atoms with Gasteiger partial charge in [-0.25, -0.2) is 0 Å². The van der Waals surface area contributed by atoms with Gasteiger partial charge >= 0.3 is 0 Å². The van der Waals surface area contributed by atoms with Gasteiger partial charge in [0.05, 0.1) is 31.4 Å². The number of aliphatic hydroxyl groups is 1. The average Bonchev–Trinajstić information content (AvgIpc) is 2.83. The van der Waals surface area contributed by atoms with Crippen molar-refractivity contribution in [3.63, 3.8) is 0 Å². The third-order valence-electron chi connectivity index (χ3n) is 3.44. The number of hydrogen-bond acceptors (Lipinski definition) is 8. The fraction of sp³-hybridized carbons (Fsp3) is 0.700. The molecule has 1 fully saturated rings. The van der Waals surface area contributed by atoms with Gasteiger partial charge in [-0.3, -0.25) is 9.66 Å². The maximum Gasteiger partial charge on any atom is 0.146 e. The minimum Gasteiger partial charge on any atom is -0.394 e. The highest BCUT2D eigenvalue weighted by Gasteiger charge is 2.36. The lowest BCUT2D eigenvalue weighted by Gasteiger charge is -2.40. The monoisotopic (exact) mass is 286 g/mol. The summed E-state index contributed by atoms with van der Waals surface area (Å²) in [6.45, 7) is 2.09. The Bertz CT molecular complexity index is 417. The molecule has 9 heteroatoms. The predicted octanol–water partition coefficient (Wildman–Crippen LogP) is -2.26. The molecular formula is C10H19N6O2P. The number of ether oxygens (including phenoxy) is 1. The molecule has 0 aliphatic carbocycles. The van der Waals surface area contributed by atoms with Crippen molar-refractivity contribution in [3.8, 4) is 0 Å². The van der Waals surface area contributed by atoms with Crippen LogP contribution < -0.4 is 16.4 Å². The first-order valence-electron chi connectivity index (χ1n) is 6.23. The molecule has 3 heterocycles. The Morgan fingerprint density at radius 3 is 3.21 bits per heavy atom. The van der Waals surface area contributed by atoms with E-state index in [2.05, 4.69) is 34.6 Å². The Kier molecular flexibility index (Phi) is 3.60. The summed E-state index contributed by atoms with van der Waals surface area (Å²) in [4.78, 5) is 6.17. The second-order valence-corrected chi connectivity index (χ2v) is 5.51. The van der Waals surface area contributed by atoms with E-state index in [0.717, 1.165) is 18.1 Å². The zero-order valence-electron chi connectivity index (χ0n) is 10.5. The molecule has 3 aliphatic heterocycles. The molecule has 19 heavy (non-hydrogen) atoms. The van der Waals surface area contributed by atoms with Gasteiger partial charge in [0.1, 0.15) is 18.2 Å². The zero-order chi connectivity index (χ0) is 13.4. The second-order valence-electron chi connectivity index (χ2n) is 4.78. The topological polar surface area (TPSA) is 98.4 Å². The maximum atomic E-state index is 9.28. The average molecular weight is 286 g/mol. The third-order valence-corrected chi connectivity index (χ3v) is 3.87. The lowest BCUT2D eigenvalue weighted by atomic mass is 10.3. The fourth-order valence-electron chi connectivity index (χ4n) is 2.51. The van der Waals surface area contributed by atoms with E-state index in [0.29, 0.717) is 13.2 Å². The van der Waals surface area contributed by atoms with Crippen LogP contribution in [-0.2, 0) is 4.74 Å². The number of nitrogens with zero attached hydrogens (tertiary/aromatic N) is 3. The highest BCUT2D eigenvalue weighted by molar-refractivity contribution is 7.13. The van der Waals surface area contributed by atoms with Crippen LogP contribution in [0.4, 0.5) is 0 Å². The molecule has 106 valence electrons. The Hall–Kier alpha value is -0.920. The van der Waals surface area contributed by atoms with Crippen molar-refractivity contribution in [2.75, 3.05) is 26.4 Å². The van der Waals surface area contributed by atoms with Gasteiger partial charge in [-0.2, -0.15) is 0 Å². The number of nitrogens with two attached hydrogens (primary N) is 1. The van der Waals surface area contributed by atoms with Crippen molar-refractivity contribution in [2.45, 2.75) is 18.5 Å². The molecule has 0 aromatic carbocycles. The van der Waals surface area contributed by atoms with Crippen LogP contribution in [0.25, 0.3) is 0 Å². The van der Waals surface area contributed by atoms with Gasteiger partial charge in [0, 0.05) is 13.1 Å². The van der Waals surface area contributed by atoms with Crippen LogP contribution in [0.3, 0.4) is 0 Å². The first kappa shape index (κ1) is 13.1. The van der Waals surface area contributed by atoms with E-state index in [9.17, 15) is 5.11 Å². The smallest absolute Gasteiger partial charge is 0.146 e. The minimum absolute atomic E-state index is 0.0168. The molecule has 5 N–H and O–H groups in total. The van der Waals surface area contributed by atoms with Crippen LogP contribution in [0.2, 0.25) is 0 Å². The summed E-state index contributed by atoms with van der Waals surface area (Å²) in [5, 5.41) is 15.6. The van der Waals surface area contributed by atoms with E-state index in [4.69, 9.17) is 10.5 Å². The molecule has 1 saturated heterocycles. The van der Waals surface area contributed by atoms with Crippen LogP contribution >= 0.6 is 9.39 Å². The zero-order valence-corrected chi connectivity index (χ0v) is 11.6. The Labute approximate surface area is 113 Å². The van der Waals surface area contributed by atoms with Crippen molar-refractivity contribution in [3.05, 3.63) is 11.5 Å². The highest BCUT2D eigenvalue weighted by Crippen LogP contribution is 2.25. The first-order chi connectivity index (χ1) is 9.19. The predicted molar refractivity (Wildman–Crippen MR) is 73.5 cm³/mol. The molecular weight excluding hydrogens is 267 g/mol. The van der Waals surface area contributed by atoms with Crippen molar-refractivity contribution < 1.29 is 9.84 Å². The molecule has 0 spiro atoms. The molecule has 3 rings (SSSR count). The number of hydrogen-bond donors (Lipinski definition) is 4. The van der Waals surface area contributed by atoms with Gasteiger partial charge < -0.3 is 31.1 Å². The molecule has 0 bridgehead atoms. The SMILES string of the molecule is NC1N=CNC2=C1NCN2C1CN(P)CC(CO)O1. The Balaban J connectivity index is 1.76. The van der Waals surface area contributed by atoms with Gasteiger partial charge in [0.25, 0.3) is 0 Å². The molecule has 0 amide bonds. The number of morpholine rings is 1. The quantitative estimate of drug-likeness (QED) is 0.425. The van der Waals surface area contributed by atoms with Crippen LogP contribution in [0.1, 0.15) is 0 Å². The molecule has 3 aliphatic rings. The Morgan fingerprint density at radius 2 is 2.42 bits per heavy atom. The summed E-state index contributed by atoms with van der Waals surface area (Å²) < 4.78 is 7.97. The van der Waals surface area contributed by atoms with E-state index in [1.807, 2.05) is 0 Å². The standard InChI is InChI=1S/C10H19N6O2P/c11-9-8-10(13-4-12-9)16(5-14-8)7-2-15(19)1-6(3-17)18-7/h4,6-7,9,14,17H,1-3,5,11,19H2,(H,12,13). The number of aliphatic hydroxyl groups excluding tert-OH is 1. The summed E-state index contributed by atoms with van der Waals surface area (Å²) in [6, 6.07) is 0. The fourth-order valence-corrected chi connectivity index (χ4v) is 2.93. The van der Waals surface area contributed by atoms with E-state index in [1.54, 1.807) is 6.34 Å². The molecule has 4 unspecified atom stereocenters. The maximum absolute atomic E-state index is 9.28. The van der Waals surface area contributed by atoms with Crippen molar-refractivity contribution in [2.24, 2.45) is 10.7 Å². The third kappa shape index (κ3) is 2.42. The van der Waals surface area contributed by atoms with E-state index < -0.39 is 0 Å². The molecule has 0 aromatic rings. The van der Waals surface area contributed by atoms with Gasteiger partial charge in [0.15, 0.2) is 0 Å². The van der Waals surface area contributed by atoms with Gasteiger partial charge in [-0.1, -0.05) is 9.39 Å². The molecule has 0 radical (unpaired) electrons. The molecule has 0 aromatic heterocycles. The highest BCUT2D eigenvalue weighted by atomic mass is 31.0. The largest absolute Gasteiger partial charge is 0.394 e. The second kappa shape index (κ2) is 5.22. The van der Waals surface area contributed by atoms with Crippen LogP contribution in [0.5, 0.6) is 0 Å². The van der Waals surface area contributed by atoms with Gasteiger partial charge in [0.2, 0.25) is 0 Å². The van der Waals surface area contributed by atoms with Crippen molar-refractivity contribution in [1.29, 1.82) is 0 Å². The summed E-state index contributed by atoms with van der Waals surface area (Å²) in [7, 11) is 2.67. The van der Waals surface area contributed by atoms with Crippen molar-refractivity contribution in [1.82, 2.24) is 20.2 Å². The van der Waals surface area contributed by atoms with Crippen LogP contribution in [0.15, 0.2) is 16.5 Å². The van der Waals surface area contributed by atoms with Gasteiger partial charge in [-0.05, 0) is 0 Å². The van der Waals surface area contributed by atoms with E-state index in [1.165, 1.54) is 0 Å². The molecule has 0 saturated carbocycles. The van der Waals surface area contributed by atoms with Gasteiger partial charge in [-0.15, -0.1) is 0 Å².